The molecular formula is C35H43F4N3O8S. The lowest BCUT2D eigenvalue weighted by atomic mass is 9.85. The molecule has 1 unspecified atom stereocenters. The summed E-state index contributed by atoms with van der Waals surface area (Å²) in [5.74, 6) is -2.82. The Morgan fingerprint density at radius 3 is 2.22 bits per heavy atom. The van der Waals surface area contributed by atoms with Gasteiger partial charge < -0.3 is 19.7 Å². The van der Waals surface area contributed by atoms with Gasteiger partial charge in [0.15, 0.2) is 0 Å². The Morgan fingerprint density at radius 2 is 1.65 bits per heavy atom. The first-order chi connectivity index (χ1) is 23.7. The molecule has 3 aromatic rings. The van der Waals surface area contributed by atoms with Crippen molar-refractivity contribution in [2.45, 2.75) is 83.5 Å². The molecule has 0 aliphatic carbocycles. The van der Waals surface area contributed by atoms with Crippen LogP contribution in [0.5, 0.6) is 5.75 Å². The molecule has 1 amide bonds. The highest BCUT2D eigenvalue weighted by Crippen LogP contribution is 2.44. The van der Waals surface area contributed by atoms with Gasteiger partial charge in [0.2, 0.25) is 10.0 Å². The Labute approximate surface area is 294 Å². The summed E-state index contributed by atoms with van der Waals surface area (Å²) in [5.41, 5.74) is 1.74. The molecule has 0 radical (unpaired) electrons. The largest absolute Gasteiger partial charge is 0.490 e. The quantitative estimate of drug-likeness (QED) is 0.104. The van der Waals surface area contributed by atoms with Crippen LogP contribution in [0, 0.1) is 5.82 Å². The van der Waals surface area contributed by atoms with Crippen LogP contribution in [-0.2, 0) is 38.2 Å². The SMILES string of the molecule is CCC1(CC)OC(=O)N(CCC(C)(C)NC(O)Cc2ccc(OCc3ccccc3)c(NS(C)(=O)=O)c2)c2cc(F)ccc21.O=C(O)C(F)(F)F. The molecule has 0 saturated heterocycles. The number of hydrogen-bond donors (Lipinski definition) is 4. The van der Waals surface area contributed by atoms with Gasteiger partial charge in [-0.2, -0.15) is 13.2 Å². The smallest absolute Gasteiger partial charge is 0.487 e. The standard InChI is InChI=1S/C33H42FN3O6S.C2HF3O2/c1-6-33(7-2)26-15-14-25(34)21-28(26)37(31(39)43-33)18-17-32(3,4)35-30(38)20-24-13-16-29(27(19-24)36-44(5,40)41)42-22-23-11-9-8-10-12-23;3-2(4,5)1(6)7/h8-16,19,21,30,35-36,38H,6-7,17-18,20,22H2,1-5H3;(H,6,7). The van der Waals surface area contributed by atoms with Crippen molar-refractivity contribution in [2.75, 3.05) is 22.4 Å². The number of carboxylic acid groups (broad SMARTS) is 1. The van der Waals surface area contributed by atoms with Crippen LogP contribution in [0.2, 0.25) is 0 Å². The number of alkyl halides is 3. The fourth-order valence-electron chi connectivity index (χ4n) is 5.51. The highest BCUT2D eigenvalue weighted by Gasteiger charge is 2.43. The second-order valence-corrected chi connectivity index (χ2v) is 14.4. The number of nitrogens with one attached hydrogen (secondary N) is 2. The number of fused-ring (bicyclic) bond motifs is 1. The van der Waals surface area contributed by atoms with Gasteiger partial charge in [-0.1, -0.05) is 56.3 Å². The number of cyclic esters (lactones) is 1. The van der Waals surface area contributed by atoms with Crippen LogP contribution in [-0.4, -0.2) is 61.4 Å². The number of anilines is 2. The minimum atomic E-state index is -5.08. The Balaban J connectivity index is 0.000000908. The summed E-state index contributed by atoms with van der Waals surface area (Å²) in [6.45, 7) is 8.19. The molecule has 0 spiro atoms. The summed E-state index contributed by atoms with van der Waals surface area (Å²) >= 11 is 0. The highest BCUT2D eigenvalue weighted by molar-refractivity contribution is 7.92. The second-order valence-electron chi connectivity index (χ2n) is 12.7. The molecule has 51 heavy (non-hydrogen) atoms. The molecule has 1 aliphatic rings. The number of carboxylic acids is 1. The first kappa shape index (κ1) is 41.0. The van der Waals surface area contributed by atoms with E-state index in [1.54, 1.807) is 24.3 Å². The molecule has 0 fully saturated rings. The number of aliphatic hydroxyl groups excluding tert-OH is 1. The molecule has 0 aromatic heterocycles. The van der Waals surface area contributed by atoms with Gasteiger partial charge in [-0.3, -0.25) is 14.9 Å². The molecule has 0 bridgehead atoms. The summed E-state index contributed by atoms with van der Waals surface area (Å²) in [6.07, 6.45) is -3.79. The van der Waals surface area contributed by atoms with Crippen LogP contribution in [0.4, 0.5) is 33.7 Å². The number of amides is 1. The Kier molecular flexibility index (Phi) is 13.5. The number of benzene rings is 3. The van der Waals surface area contributed by atoms with E-state index in [0.29, 0.717) is 36.3 Å². The number of carbonyl (C=O) groups is 2. The van der Waals surface area contributed by atoms with Gasteiger partial charge in [0.25, 0.3) is 0 Å². The first-order valence-electron chi connectivity index (χ1n) is 16.0. The number of nitrogens with zero attached hydrogens (tertiary/aromatic N) is 1. The lowest BCUT2D eigenvalue weighted by Crippen LogP contribution is -2.51. The van der Waals surface area contributed by atoms with E-state index in [0.717, 1.165) is 17.4 Å². The highest BCUT2D eigenvalue weighted by atomic mass is 32.2. The Bertz CT molecular complexity index is 1770. The van der Waals surface area contributed by atoms with Gasteiger partial charge in [-0.05, 0) is 68.5 Å². The third-order valence-corrected chi connectivity index (χ3v) is 8.74. The van der Waals surface area contributed by atoms with E-state index in [9.17, 15) is 35.9 Å². The maximum Gasteiger partial charge on any atom is 0.490 e. The van der Waals surface area contributed by atoms with Gasteiger partial charge in [-0.15, -0.1) is 0 Å². The molecule has 280 valence electrons. The van der Waals surface area contributed by atoms with Crippen molar-refractivity contribution >= 4 is 33.5 Å². The molecule has 1 aliphatic heterocycles. The van der Waals surface area contributed by atoms with E-state index >= 15 is 0 Å². The van der Waals surface area contributed by atoms with Crippen LogP contribution >= 0.6 is 0 Å². The van der Waals surface area contributed by atoms with Crippen molar-refractivity contribution in [2.24, 2.45) is 0 Å². The van der Waals surface area contributed by atoms with Crippen LogP contribution < -0.4 is 19.7 Å². The van der Waals surface area contributed by atoms with E-state index < -0.39 is 51.4 Å². The number of carbonyl (C=O) groups excluding carboxylic acids is 1. The second kappa shape index (κ2) is 16.7. The zero-order valence-electron chi connectivity index (χ0n) is 28.9. The predicted molar refractivity (Wildman–Crippen MR) is 183 cm³/mol. The average Bonchev–Trinajstić information content (AvgIpc) is 3.02. The molecule has 1 atom stereocenters. The normalized spacial score (nSPS) is 14.8. The van der Waals surface area contributed by atoms with Crippen molar-refractivity contribution in [3.05, 3.63) is 89.2 Å². The van der Waals surface area contributed by atoms with Gasteiger partial charge in [0.05, 0.1) is 17.6 Å². The maximum atomic E-state index is 14.3. The fourth-order valence-corrected chi connectivity index (χ4v) is 6.07. The van der Waals surface area contributed by atoms with Gasteiger partial charge in [-0.25, -0.2) is 22.4 Å². The van der Waals surface area contributed by atoms with Crippen molar-refractivity contribution in [3.63, 3.8) is 0 Å². The lowest BCUT2D eigenvalue weighted by molar-refractivity contribution is -0.192. The first-order valence-corrected chi connectivity index (χ1v) is 17.9. The van der Waals surface area contributed by atoms with Crippen molar-refractivity contribution in [1.29, 1.82) is 0 Å². The Hall–Kier alpha value is -4.41. The van der Waals surface area contributed by atoms with Crippen molar-refractivity contribution in [1.82, 2.24) is 5.32 Å². The molecule has 16 heteroatoms. The van der Waals surface area contributed by atoms with E-state index in [-0.39, 0.29) is 25.3 Å². The number of rotatable bonds is 14. The maximum absolute atomic E-state index is 14.3. The van der Waals surface area contributed by atoms with Crippen molar-refractivity contribution < 1.29 is 55.3 Å². The number of ether oxygens (including phenoxy) is 2. The van der Waals surface area contributed by atoms with E-state index in [1.807, 2.05) is 58.0 Å². The van der Waals surface area contributed by atoms with E-state index in [2.05, 4.69) is 10.0 Å². The number of aliphatic carboxylic acids is 1. The number of hydrogen-bond acceptors (Lipinski definition) is 8. The molecule has 0 saturated carbocycles. The van der Waals surface area contributed by atoms with E-state index in [1.165, 1.54) is 17.0 Å². The zero-order valence-corrected chi connectivity index (χ0v) is 29.7. The van der Waals surface area contributed by atoms with Crippen LogP contribution in [0.25, 0.3) is 0 Å². The molecule has 4 N–H and O–H groups in total. The summed E-state index contributed by atoms with van der Waals surface area (Å²) < 4.78 is 84.5. The van der Waals surface area contributed by atoms with Crippen LogP contribution in [0.3, 0.4) is 0 Å². The third-order valence-electron chi connectivity index (χ3n) is 8.15. The molecule has 11 nitrogen and oxygen atoms in total. The number of aliphatic hydroxyl groups is 1. The topological polar surface area (TPSA) is 154 Å². The fraction of sp³-hybridized carbons (Fsp3) is 0.429. The summed E-state index contributed by atoms with van der Waals surface area (Å²) in [7, 11) is -3.59. The number of halogens is 4. The monoisotopic (exact) mass is 741 g/mol. The summed E-state index contributed by atoms with van der Waals surface area (Å²) in [4.78, 5) is 23.5. The average molecular weight is 742 g/mol. The van der Waals surface area contributed by atoms with Gasteiger partial charge in [0.1, 0.15) is 30.0 Å². The van der Waals surface area contributed by atoms with Gasteiger partial charge in [0, 0.05) is 24.1 Å². The zero-order chi connectivity index (χ0) is 38.2. The molecule has 1 heterocycles. The summed E-state index contributed by atoms with van der Waals surface area (Å²) in [6, 6.07) is 19.1. The number of sulfonamides is 1. The van der Waals surface area contributed by atoms with Gasteiger partial charge >= 0.3 is 18.2 Å². The minimum Gasteiger partial charge on any atom is -0.487 e. The Morgan fingerprint density at radius 1 is 1.02 bits per heavy atom. The van der Waals surface area contributed by atoms with Crippen LogP contribution in [0.15, 0.2) is 66.7 Å². The lowest BCUT2D eigenvalue weighted by Gasteiger charge is -2.42. The third kappa shape index (κ3) is 11.8. The predicted octanol–water partition coefficient (Wildman–Crippen LogP) is 6.70. The van der Waals surface area contributed by atoms with Crippen LogP contribution in [0.1, 0.15) is 63.6 Å². The minimum absolute atomic E-state index is 0.177. The molecule has 3 aromatic carbocycles. The summed E-state index contributed by atoms with van der Waals surface area (Å²) in [5, 5.41) is 21.3. The van der Waals surface area contributed by atoms with E-state index in [4.69, 9.17) is 19.4 Å². The van der Waals surface area contributed by atoms with Crippen molar-refractivity contribution in [3.8, 4) is 5.75 Å². The molecule has 4 rings (SSSR count). The molecular weight excluding hydrogens is 698 g/mol.